The van der Waals surface area contributed by atoms with Crippen molar-refractivity contribution in [3.63, 3.8) is 0 Å². The predicted molar refractivity (Wildman–Crippen MR) is 69.5 cm³/mol. The number of carboxylic acid groups (broad SMARTS) is 1. The molecular weight excluding hydrogens is 252 g/mol. The van der Waals surface area contributed by atoms with Crippen LogP contribution in [0.4, 0.5) is 0 Å². The van der Waals surface area contributed by atoms with Crippen molar-refractivity contribution < 1.29 is 19.4 Å². The van der Waals surface area contributed by atoms with Crippen LogP contribution in [-0.2, 0) is 14.3 Å². The quantitative estimate of drug-likeness (QED) is 0.574. The second-order valence-electron chi connectivity index (χ2n) is 5.44. The number of esters is 1. The van der Waals surface area contributed by atoms with Crippen LogP contribution >= 0.6 is 12.6 Å². The average Bonchev–Trinajstić information content (AvgIpc) is 2.89. The van der Waals surface area contributed by atoms with Gasteiger partial charge < -0.3 is 9.84 Å². The third-order valence-electron chi connectivity index (χ3n) is 4.24. The number of carboxylic acids is 1. The van der Waals surface area contributed by atoms with Crippen molar-refractivity contribution in [1.29, 1.82) is 0 Å². The molecule has 4 nitrogen and oxygen atoms in total. The first-order valence-corrected chi connectivity index (χ1v) is 7.25. The Morgan fingerprint density at radius 3 is 2.61 bits per heavy atom. The van der Waals surface area contributed by atoms with E-state index in [1.807, 2.05) is 0 Å². The molecule has 0 radical (unpaired) electrons. The van der Waals surface area contributed by atoms with Crippen LogP contribution in [0.2, 0.25) is 0 Å². The summed E-state index contributed by atoms with van der Waals surface area (Å²) in [6.07, 6.45) is 4.37. The van der Waals surface area contributed by atoms with Gasteiger partial charge in [-0.05, 0) is 37.0 Å². The lowest BCUT2D eigenvalue weighted by molar-refractivity contribution is -0.156. The highest BCUT2D eigenvalue weighted by atomic mass is 32.1. The fourth-order valence-corrected chi connectivity index (χ4v) is 3.70. The summed E-state index contributed by atoms with van der Waals surface area (Å²) in [5.41, 5.74) is 0. The first-order valence-electron chi connectivity index (χ1n) is 6.62. The third kappa shape index (κ3) is 3.19. The highest BCUT2D eigenvalue weighted by Crippen LogP contribution is 2.50. The molecule has 0 amide bonds. The SMILES string of the molecule is O=C(O)CC(OC(=O)CCS)C1CC2CCC1C2. The van der Waals surface area contributed by atoms with E-state index in [0.717, 1.165) is 18.8 Å². The van der Waals surface area contributed by atoms with E-state index < -0.39 is 12.1 Å². The van der Waals surface area contributed by atoms with Gasteiger partial charge in [-0.2, -0.15) is 12.6 Å². The molecule has 0 heterocycles. The first-order chi connectivity index (χ1) is 8.60. The lowest BCUT2D eigenvalue weighted by Gasteiger charge is -2.29. The van der Waals surface area contributed by atoms with Crippen molar-refractivity contribution in [2.24, 2.45) is 17.8 Å². The number of thiol groups is 1. The smallest absolute Gasteiger partial charge is 0.307 e. The maximum Gasteiger partial charge on any atom is 0.307 e. The summed E-state index contributed by atoms with van der Waals surface area (Å²) < 4.78 is 5.37. The van der Waals surface area contributed by atoms with Crippen LogP contribution in [0.25, 0.3) is 0 Å². The van der Waals surface area contributed by atoms with E-state index in [1.54, 1.807) is 0 Å². The van der Waals surface area contributed by atoms with Crippen LogP contribution in [0.3, 0.4) is 0 Å². The Hall–Kier alpha value is -0.710. The van der Waals surface area contributed by atoms with E-state index in [9.17, 15) is 9.59 Å². The second-order valence-corrected chi connectivity index (χ2v) is 5.89. The number of hydrogen-bond acceptors (Lipinski definition) is 4. The van der Waals surface area contributed by atoms with E-state index in [0.29, 0.717) is 11.7 Å². The standard InChI is InChI=1S/C13H20O4S/c14-12(15)7-11(17-13(16)3-4-18)10-6-8-1-2-9(10)5-8/h8-11,18H,1-7H2,(H,14,15). The molecule has 0 aromatic carbocycles. The lowest BCUT2D eigenvalue weighted by Crippen LogP contribution is -2.32. The number of hydrogen-bond donors (Lipinski definition) is 2. The van der Waals surface area contributed by atoms with Crippen molar-refractivity contribution in [2.75, 3.05) is 5.75 Å². The predicted octanol–water partition coefficient (Wildman–Crippen LogP) is 2.13. The van der Waals surface area contributed by atoms with Gasteiger partial charge in [-0.15, -0.1) is 0 Å². The molecule has 2 aliphatic carbocycles. The Balaban J connectivity index is 1.96. The number of carbonyl (C=O) groups excluding carboxylic acids is 1. The van der Waals surface area contributed by atoms with Crippen molar-refractivity contribution in [3.8, 4) is 0 Å². The maximum absolute atomic E-state index is 11.5. The molecule has 4 atom stereocenters. The summed E-state index contributed by atoms with van der Waals surface area (Å²) in [4.78, 5) is 22.4. The molecule has 0 aliphatic heterocycles. The highest BCUT2D eigenvalue weighted by Gasteiger charge is 2.44. The third-order valence-corrected chi connectivity index (χ3v) is 4.47. The Kier molecular flexibility index (Phi) is 4.54. The molecule has 0 spiro atoms. The Bertz CT molecular complexity index is 331. The van der Waals surface area contributed by atoms with Crippen molar-refractivity contribution in [1.82, 2.24) is 0 Å². The number of ether oxygens (including phenoxy) is 1. The van der Waals surface area contributed by atoms with Crippen LogP contribution in [0, 0.1) is 17.8 Å². The fourth-order valence-electron chi connectivity index (χ4n) is 3.52. The van der Waals surface area contributed by atoms with Crippen molar-refractivity contribution in [3.05, 3.63) is 0 Å². The van der Waals surface area contributed by atoms with Gasteiger partial charge >= 0.3 is 11.9 Å². The normalized spacial score (nSPS) is 31.3. The van der Waals surface area contributed by atoms with Crippen molar-refractivity contribution >= 4 is 24.6 Å². The Morgan fingerprint density at radius 2 is 2.11 bits per heavy atom. The Labute approximate surface area is 112 Å². The highest BCUT2D eigenvalue weighted by molar-refractivity contribution is 7.80. The topological polar surface area (TPSA) is 63.6 Å². The van der Waals surface area contributed by atoms with E-state index in [1.165, 1.54) is 12.8 Å². The number of carbonyl (C=O) groups is 2. The minimum Gasteiger partial charge on any atom is -0.481 e. The van der Waals surface area contributed by atoms with Crippen LogP contribution in [-0.4, -0.2) is 28.9 Å². The van der Waals surface area contributed by atoms with Crippen LogP contribution in [0.1, 0.15) is 38.5 Å². The van der Waals surface area contributed by atoms with E-state index in [-0.39, 0.29) is 24.7 Å². The van der Waals surface area contributed by atoms with Gasteiger partial charge in [0.15, 0.2) is 0 Å². The summed E-state index contributed by atoms with van der Waals surface area (Å²) in [7, 11) is 0. The molecule has 0 aromatic rings. The van der Waals surface area contributed by atoms with Crippen LogP contribution < -0.4 is 0 Å². The fraction of sp³-hybridized carbons (Fsp3) is 0.846. The van der Waals surface area contributed by atoms with Crippen LogP contribution in [0.5, 0.6) is 0 Å². The van der Waals surface area contributed by atoms with Gasteiger partial charge in [-0.3, -0.25) is 9.59 Å². The number of aliphatic carboxylic acids is 1. The summed E-state index contributed by atoms with van der Waals surface area (Å²) in [5.74, 6) is 0.766. The molecule has 2 fully saturated rings. The summed E-state index contributed by atoms with van der Waals surface area (Å²) >= 11 is 3.99. The molecule has 102 valence electrons. The zero-order valence-corrected chi connectivity index (χ0v) is 11.3. The molecule has 0 aromatic heterocycles. The van der Waals surface area contributed by atoms with Gasteiger partial charge in [0.1, 0.15) is 6.10 Å². The van der Waals surface area contributed by atoms with E-state index in [2.05, 4.69) is 12.6 Å². The first kappa shape index (κ1) is 13.7. The summed E-state index contributed by atoms with van der Waals surface area (Å²) in [6.45, 7) is 0. The van der Waals surface area contributed by atoms with Gasteiger partial charge in [0.2, 0.25) is 0 Å². The van der Waals surface area contributed by atoms with Gasteiger partial charge in [0.25, 0.3) is 0 Å². The summed E-state index contributed by atoms with van der Waals surface area (Å²) in [6, 6.07) is 0. The van der Waals surface area contributed by atoms with Crippen LogP contribution in [0.15, 0.2) is 0 Å². The largest absolute Gasteiger partial charge is 0.481 e. The molecule has 0 saturated heterocycles. The maximum atomic E-state index is 11.5. The molecule has 2 saturated carbocycles. The molecular formula is C13H20O4S. The molecule has 2 aliphatic rings. The average molecular weight is 272 g/mol. The van der Waals surface area contributed by atoms with Crippen molar-refractivity contribution in [2.45, 2.75) is 44.6 Å². The number of fused-ring (bicyclic) bond motifs is 2. The molecule has 2 bridgehead atoms. The molecule has 2 rings (SSSR count). The van der Waals surface area contributed by atoms with Gasteiger partial charge in [0, 0.05) is 5.75 Å². The lowest BCUT2D eigenvalue weighted by atomic mass is 9.83. The minimum atomic E-state index is -0.888. The molecule has 18 heavy (non-hydrogen) atoms. The van der Waals surface area contributed by atoms with E-state index >= 15 is 0 Å². The zero-order chi connectivity index (χ0) is 13.1. The van der Waals surface area contributed by atoms with Gasteiger partial charge in [-0.25, -0.2) is 0 Å². The van der Waals surface area contributed by atoms with Gasteiger partial charge in [0.05, 0.1) is 12.8 Å². The van der Waals surface area contributed by atoms with E-state index in [4.69, 9.17) is 9.84 Å². The van der Waals surface area contributed by atoms with Gasteiger partial charge in [-0.1, -0.05) is 6.42 Å². The second kappa shape index (κ2) is 5.95. The monoisotopic (exact) mass is 272 g/mol. The Morgan fingerprint density at radius 1 is 1.33 bits per heavy atom. The molecule has 1 N–H and O–H groups in total. The minimum absolute atomic E-state index is 0.0633. The zero-order valence-electron chi connectivity index (χ0n) is 10.4. The molecule has 4 unspecified atom stereocenters. The molecule has 5 heteroatoms. The summed E-state index contributed by atoms with van der Waals surface area (Å²) in [5, 5.41) is 8.95. The number of rotatable bonds is 6.